The third kappa shape index (κ3) is 3.77. The van der Waals surface area contributed by atoms with Gasteiger partial charge in [0.2, 0.25) is 0 Å². The minimum atomic E-state index is 0.713. The number of halogens is 1. The summed E-state index contributed by atoms with van der Waals surface area (Å²) >= 11 is 5.98. The highest BCUT2D eigenvalue weighted by Crippen LogP contribution is 2.27. The van der Waals surface area contributed by atoms with Gasteiger partial charge in [-0.15, -0.1) is 0 Å². The van der Waals surface area contributed by atoms with Crippen molar-refractivity contribution in [1.29, 1.82) is 0 Å². The summed E-state index contributed by atoms with van der Waals surface area (Å²) in [6.45, 7) is 5.55. The Morgan fingerprint density at radius 3 is 2.89 bits per heavy atom. The molecule has 100 valence electrons. The third-order valence-corrected chi connectivity index (χ3v) is 3.24. The molecule has 18 heavy (non-hydrogen) atoms. The second kappa shape index (κ2) is 6.83. The number of ether oxygens (including phenoxy) is 2. The normalized spacial score (nSPS) is 16.6. The van der Waals surface area contributed by atoms with E-state index >= 15 is 0 Å². The van der Waals surface area contributed by atoms with Crippen LogP contribution in [0.4, 0.5) is 5.69 Å². The molecular weight excluding hydrogens is 252 g/mol. The molecule has 1 heterocycles. The summed E-state index contributed by atoms with van der Waals surface area (Å²) in [6, 6.07) is 5.59. The number of anilines is 1. The van der Waals surface area contributed by atoms with Gasteiger partial charge in [0.05, 0.1) is 26.0 Å². The maximum Gasteiger partial charge on any atom is 0.142 e. The first-order valence-electron chi connectivity index (χ1n) is 6.17. The molecule has 5 heteroatoms. The molecule has 1 saturated heterocycles. The Balaban J connectivity index is 1.83. The number of rotatable bonds is 5. The Bertz CT molecular complexity index is 381. The number of nitrogens with zero attached hydrogens (tertiary/aromatic N) is 1. The monoisotopic (exact) mass is 270 g/mol. The molecule has 1 fully saturated rings. The molecule has 0 spiro atoms. The maximum absolute atomic E-state index is 5.98. The number of benzene rings is 1. The lowest BCUT2D eigenvalue weighted by Gasteiger charge is -2.26. The molecule has 1 N–H and O–H groups in total. The van der Waals surface area contributed by atoms with E-state index in [-0.39, 0.29) is 0 Å². The maximum atomic E-state index is 5.98. The van der Waals surface area contributed by atoms with Crippen molar-refractivity contribution in [3.05, 3.63) is 23.2 Å². The summed E-state index contributed by atoms with van der Waals surface area (Å²) in [5, 5.41) is 4.07. The van der Waals surface area contributed by atoms with Gasteiger partial charge in [0, 0.05) is 31.2 Å². The van der Waals surface area contributed by atoms with Crippen LogP contribution >= 0.6 is 11.6 Å². The highest BCUT2D eigenvalue weighted by Gasteiger charge is 2.10. The van der Waals surface area contributed by atoms with Gasteiger partial charge in [-0.3, -0.25) is 4.90 Å². The van der Waals surface area contributed by atoms with Gasteiger partial charge in [0.25, 0.3) is 0 Å². The van der Waals surface area contributed by atoms with Crippen LogP contribution in [0.5, 0.6) is 5.75 Å². The van der Waals surface area contributed by atoms with E-state index in [4.69, 9.17) is 21.1 Å². The van der Waals surface area contributed by atoms with Crippen molar-refractivity contribution in [1.82, 2.24) is 4.90 Å². The summed E-state index contributed by atoms with van der Waals surface area (Å²) in [5.74, 6) is 0.821. The van der Waals surface area contributed by atoms with E-state index in [1.807, 2.05) is 18.2 Å². The van der Waals surface area contributed by atoms with Crippen LogP contribution in [0.25, 0.3) is 0 Å². The lowest BCUT2D eigenvalue weighted by Crippen LogP contribution is -2.39. The molecule has 0 amide bonds. The standard InChI is InChI=1S/C13H19ClN2O2/c1-17-13-3-2-11(14)10-12(13)15-4-5-16-6-8-18-9-7-16/h2-3,10,15H,4-9H2,1H3. The Morgan fingerprint density at radius 2 is 2.17 bits per heavy atom. The second-order valence-electron chi connectivity index (χ2n) is 4.23. The molecule has 0 radical (unpaired) electrons. The smallest absolute Gasteiger partial charge is 0.142 e. The Labute approximate surface area is 113 Å². The first-order chi connectivity index (χ1) is 8.79. The number of morpholine rings is 1. The van der Waals surface area contributed by atoms with Crippen molar-refractivity contribution in [3.63, 3.8) is 0 Å². The first kappa shape index (κ1) is 13.5. The van der Waals surface area contributed by atoms with Gasteiger partial charge < -0.3 is 14.8 Å². The van der Waals surface area contributed by atoms with Gasteiger partial charge in [-0.25, -0.2) is 0 Å². The average Bonchev–Trinajstić information content (AvgIpc) is 2.40. The number of hydrogen-bond donors (Lipinski definition) is 1. The van der Waals surface area contributed by atoms with E-state index in [0.29, 0.717) is 5.02 Å². The topological polar surface area (TPSA) is 33.7 Å². The molecule has 2 rings (SSSR count). The minimum Gasteiger partial charge on any atom is -0.495 e. The first-order valence-corrected chi connectivity index (χ1v) is 6.55. The predicted octanol–water partition coefficient (Wildman–Crippen LogP) is 2.09. The fraction of sp³-hybridized carbons (Fsp3) is 0.538. The van der Waals surface area contributed by atoms with E-state index in [2.05, 4.69) is 10.2 Å². The third-order valence-electron chi connectivity index (χ3n) is 3.01. The van der Waals surface area contributed by atoms with E-state index < -0.39 is 0 Å². The van der Waals surface area contributed by atoms with Crippen molar-refractivity contribution in [2.24, 2.45) is 0 Å². The molecule has 4 nitrogen and oxygen atoms in total. The molecule has 0 atom stereocenters. The van der Waals surface area contributed by atoms with Crippen LogP contribution in [0.3, 0.4) is 0 Å². The van der Waals surface area contributed by atoms with Gasteiger partial charge in [0.1, 0.15) is 5.75 Å². The largest absolute Gasteiger partial charge is 0.495 e. The van der Waals surface area contributed by atoms with E-state index in [1.165, 1.54) is 0 Å². The van der Waals surface area contributed by atoms with E-state index in [1.54, 1.807) is 7.11 Å². The lowest BCUT2D eigenvalue weighted by atomic mass is 10.3. The molecule has 1 aliphatic heterocycles. The van der Waals surface area contributed by atoms with Crippen molar-refractivity contribution >= 4 is 17.3 Å². The Morgan fingerprint density at radius 1 is 1.39 bits per heavy atom. The summed E-state index contributed by atoms with van der Waals surface area (Å²) in [4.78, 5) is 2.38. The molecule has 0 unspecified atom stereocenters. The molecule has 1 aliphatic rings. The van der Waals surface area contributed by atoms with Crippen LogP contribution < -0.4 is 10.1 Å². The summed E-state index contributed by atoms with van der Waals surface area (Å²) in [7, 11) is 1.66. The number of methoxy groups -OCH3 is 1. The molecule has 0 aromatic heterocycles. The van der Waals surface area contributed by atoms with Gasteiger partial charge in [0.15, 0.2) is 0 Å². The van der Waals surface area contributed by atoms with Gasteiger partial charge in [-0.1, -0.05) is 11.6 Å². The zero-order chi connectivity index (χ0) is 12.8. The van der Waals surface area contributed by atoms with Crippen molar-refractivity contribution < 1.29 is 9.47 Å². The fourth-order valence-corrected chi connectivity index (χ4v) is 2.16. The zero-order valence-corrected chi connectivity index (χ0v) is 11.4. The highest BCUT2D eigenvalue weighted by molar-refractivity contribution is 6.30. The SMILES string of the molecule is COc1ccc(Cl)cc1NCCN1CCOCC1. The number of nitrogens with one attached hydrogen (secondary N) is 1. The van der Waals surface area contributed by atoms with Gasteiger partial charge in [-0.2, -0.15) is 0 Å². The van der Waals surface area contributed by atoms with Crippen molar-refractivity contribution in [2.75, 3.05) is 51.8 Å². The molecule has 0 saturated carbocycles. The highest BCUT2D eigenvalue weighted by atomic mass is 35.5. The van der Waals surface area contributed by atoms with Crippen molar-refractivity contribution in [3.8, 4) is 5.75 Å². The summed E-state index contributed by atoms with van der Waals surface area (Å²) < 4.78 is 10.6. The van der Waals surface area contributed by atoms with Gasteiger partial charge >= 0.3 is 0 Å². The minimum absolute atomic E-state index is 0.713. The van der Waals surface area contributed by atoms with Crippen molar-refractivity contribution in [2.45, 2.75) is 0 Å². The number of hydrogen-bond acceptors (Lipinski definition) is 4. The molecule has 0 bridgehead atoms. The molecular formula is C13H19ClN2O2. The van der Waals surface area contributed by atoms with Crippen LogP contribution in [-0.4, -0.2) is 51.4 Å². The van der Waals surface area contributed by atoms with E-state index in [0.717, 1.165) is 50.8 Å². The Kier molecular flexibility index (Phi) is 5.11. The lowest BCUT2D eigenvalue weighted by molar-refractivity contribution is 0.0398. The van der Waals surface area contributed by atoms with E-state index in [9.17, 15) is 0 Å². The second-order valence-corrected chi connectivity index (χ2v) is 4.66. The fourth-order valence-electron chi connectivity index (χ4n) is 1.99. The predicted molar refractivity (Wildman–Crippen MR) is 73.8 cm³/mol. The molecule has 1 aromatic carbocycles. The Hall–Kier alpha value is -0.970. The van der Waals surface area contributed by atoms with Gasteiger partial charge in [-0.05, 0) is 18.2 Å². The zero-order valence-electron chi connectivity index (χ0n) is 10.6. The quantitative estimate of drug-likeness (QED) is 0.888. The van der Waals surface area contributed by atoms with Crippen LogP contribution in [0, 0.1) is 0 Å². The summed E-state index contributed by atoms with van der Waals surface area (Å²) in [6.07, 6.45) is 0. The molecule has 0 aliphatic carbocycles. The van der Waals surface area contributed by atoms with Crippen LogP contribution in [0.15, 0.2) is 18.2 Å². The summed E-state index contributed by atoms with van der Waals surface area (Å²) in [5.41, 5.74) is 0.943. The van der Waals surface area contributed by atoms with Crippen LogP contribution in [-0.2, 0) is 4.74 Å². The molecule has 1 aromatic rings. The average molecular weight is 271 g/mol. The van der Waals surface area contributed by atoms with Crippen LogP contribution in [0.1, 0.15) is 0 Å². The van der Waals surface area contributed by atoms with Crippen LogP contribution in [0.2, 0.25) is 5.02 Å².